The van der Waals surface area contributed by atoms with Crippen LogP contribution in [0.15, 0.2) is 31.0 Å². The van der Waals surface area contributed by atoms with Crippen LogP contribution < -0.4 is 10.2 Å². The molecule has 2 saturated heterocycles. The van der Waals surface area contributed by atoms with Gasteiger partial charge in [0.25, 0.3) is 0 Å². The Morgan fingerprint density at radius 3 is 2.76 bits per heavy atom. The molecule has 3 aliphatic heterocycles. The minimum atomic E-state index is -0.0813. The molecule has 0 radical (unpaired) electrons. The lowest BCUT2D eigenvalue weighted by Gasteiger charge is -2.47. The highest BCUT2D eigenvalue weighted by molar-refractivity contribution is 5.99. The summed E-state index contributed by atoms with van der Waals surface area (Å²) in [6, 6.07) is 6.79. The van der Waals surface area contributed by atoms with E-state index in [1.807, 2.05) is 22.8 Å². The monoisotopic (exact) mass is 495 g/mol. The topological polar surface area (TPSA) is 90.1 Å². The summed E-state index contributed by atoms with van der Waals surface area (Å²) >= 11 is 0. The molecule has 0 aliphatic carbocycles. The second kappa shape index (κ2) is 8.15. The summed E-state index contributed by atoms with van der Waals surface area (Å²) in [7, 11) is 1.96. The average Bonchev–Trinajstić information content (AvgIpc) is 3.46. The van der Waals surface area contributed by atoms with Crippen LogP contribution in [0.4, 0.5) is 5.82 Å². The van der Waals surface area contributed by atoms with Crippen molar-refractivity contribution in [2.45, 2.75) is 45.7 Å². The Labute approximate surface area is 217 Å². The molecule has 0 saturated carbocycles. The lowest BCUT2D eigenvalue weighted by molar-refractivity contribution is -0.136. The molecule has 190 valence electrons. The largest absolute Gasteiger partial charge is 0.355 e. The third-order valence-electron chi connectivity index (χ3n) is 8.47. The maximum absolute atomic E-state index is 12.1. The summed E-state index contributed by atoms with van der Waals surface area (Å²) in [5.41, 5.74) is 6.98. The van der Waals surface area contributed by atoms with E-state index in [1.54, 1.807) is 0 Å². The molecule has 1 aromatic carbocycles. The van der Waals surface area contributed by atoms with E-state index in [1.165, 1.54) is 6.08 Å². The van der Waals surface area contributed by atoms with E-state index >= 15 is 0 Å². The fourth-order valence-corrected chi connectivity index (χ4v) is 6.52. The first-order valence-electron chi connectivity index (χ1n) is 12.9. The third kappa shape index (κ3) is 3.64. The van der Waals surface area contributed by atoms with Crippen molar-refractivity contribution in [1.82, 2.24) is 25.0 Å². The van der Waals surface area contributed by atoms with Crippen LogP contribution in [-0.2, 0) is 24.8 Å². The fraction of sp³-hybridized carbons (Fsp3) is 0.448. The number of hydrogen-bond donors (Lipinski definition) is 1. The van der Waals surface area contributed by atoms with E-state index in [2.05, 4.69) is 60.9 Å². The van der Waals surface area contributed by atoms with Gasteiger partial charge in [0.15, 0.2) is 0 Å². The van der Waals surface area contributed by atoms with Gasteiger partial charge >= 0.3 is 0 Å². The number of anilines is 1. The molecule has 37 heavy (non-hydrogen) atoms. The van der Waals surface area contributed by atoms with Crippen LogP contribution >= 0.6 is 0 Å². The van der Waals surface area contributed by atoms with Gasteiger partial charge in [-0.1, -0.05) is 18.7 Å². The summed E-state index contributed by atoms with van der Waals surface area (Å²) in [6.45, 7) is 13.9. The van der Waals surface area contributed by atoms with Crippen LogP contribution in [0.3, 0.4) is 0 Å². The van der Waals surface area contributed by atoms with Gasteiger partial charge in [-0.3, -0.25) is 9.48 Å². The first-order valence-corrected chi connectivity index (χ1v) is 12.9. The Morgan fingerprint density at radius 1 is 1.24 bits per heavy atom. The van der Waals surface area contributed by atoms with Crippen molar-refractivity contribution >= 4 is 22.6 Å². The number of aromatic nitrogens is 3. The van der Waals surface area contributed by atoms with Crippen molar-refractivity contribution in [2.75, 3.05) is 31.1 Å². The number of aryl methyl sites for hydroxylation is 2. The smallest absolute Gasteiger partial charge is 0.245 e. The van der Waals surface area contributed by atoms with E-state index in [9.17, 15) is 10.1 Å². The highest BCUT2D eigenvalue weighted by atomic mass is 16.2. The number of rotatable bonds is 3. The van der Waals surface area contributed by atoms with Crippen molar-refractivity contribution in [1.29, 1.82) is 5.26 Å². The molecular weight excluding hydrogens is 462 g/mol. The molecule has 6 rings (SSSR count). The van der Waals surface area contributed by atoms with Crippen molar-refractivity contribution in [3.05, 3.63) is 53.4 Å². The third-order valence-corrected chi connectivity index (χ3v) is 8.47. The summed E-state index contributed by atoms with van der Waals surface area (Å²) in [5.74, 6) is 0.767. The van der Waals surface area contributed by atoms with Crippen molar-refractivity contribution in [3.63, 3.8) is 0 Å². The normalized spacial score (nSPS) is 19.5. The van der Waals surface area contributed by atoms with E-state index in [4.69, 9.17) is 4.98 Å². The van der Waals surface area contributed by atoms with Crippen molar-refractivity contribution in [3.8, 4) is 17.2 Å². The first kappa shape index (κ1) is 23.7. The average molecular weight is 496 g/mol. The first-order chi connectivity index (χ1) is 17.6. The van der Waals surface area contributed by atoms with Crippen LogP contribution in [0.25, 0.3) is 22.0 Å². The molecule has 1 spiro atoms. The lowest BCUT2D eigenvalue weighted by Crippen LogP contribution is -2.59. The van der Waals surface area contributed by atoms with Crippen LogP contribution in [0.1, 0.15) is 42.7 Å². The molecule has 8 heteroatoms. The Hall–Kier alpha value is -3.70. The maximum atomic E-state index is 12.1. The number of benzene rings is 1. The van der Waals surface area contributed by atoms with E-state index < -0.39 is 0 Å². The standard InChI is InChI=1S/C29H33N7O/c1-6-23(37)36-16-29(17-36)9-10-35(15-29)27-20(12-30)25(21-14-31-28(3,4)11-22(21)33-27)24-18(2)7-8-19-13-32-34(5)26(19)24/h6-8,13,31H,1,9-11,14-17H2,2-5H3. The molecule has 8 nitrogen and oxygen atoms in total. The molecule has 1 amide bonds. The highest BCUT2D eigenvalue weighted by Gasteiger charge is 2.49. The predicted octanol–water partition coefficient (Wildman–Crippen LogP) is 3.46. The molecule has 0 bridgehead atoms. The highest BCUT2D eigenvalue weighted by Crippen LogP contribution is 2.45. The molecular formula is C29H33N7O. The van der Waals surface area contributed by atoms with Crippen LogP contribution in [-0.4, -0.2) is 57.3 Å². The van der Waals surface area contributed by atoms with Crippen molar-refractivity contribution < 1.29 is 4.79 Å². The number of fused-ring (bicyclic) bond motifs is 2. The number of nitrogens with one attached hydrogen (secondary N) is 1. The Kier molecular flexibility index (Phi) is 5.22. The van der Waals surface area contributed by atoms with Gasteiger partial charge in [-0.05, 0) is 44.4 Å². The fourth-order valence-electron chi connectivity index (χ4n) is 6.52. The van der Waals surface area contributed by atoms with E-state index in [0.717, 1.165) is 83.7 Å². The molecule has 0 unspecified atom stereocenters. The Balaban J connectivity index is 1.52. The zero-order valence-corrected chi connectivity index (χ0v) is 22.1. The number of hydrogen-bond acceptors (Lipinski definition) is 6. The zero-order valence-electron chi connectivity index (χ0n) is 22.1. The number of pyridine rings is 1. The summed E-state index contributed by atoms with van der Waals surface area (Å²) in [5, 5.41) is 19.9. The quantitative estimate of drug-likeness (QED) is 0.560. The van der Waals surface area contributed by atoms with E-state index in [-0.39, 0.29) is 16.9 Å². The molecule has 3 aromatic rings. The van der Waals surface area contributed by atoms with Gasteiger partial charge in [0.1, 0.15) is 17.5 Å². The molecule has 2 fully saturated rings. The summed E-state index contributed by atoms with van der Waals surface area (Å²) in [6.07, 6.45) is 5.05. The van der Waals surface area contributed by atoms with Gasteiger partial charge in [0, 0.05) is 79.4 Å². The Morgan fingerprint density at radius 2 is 2.03 bits per heavy atom. The zero-order chi connectivity index (χ0) is 26.1. The van der Waals surface area contributed by atoms with Gasteiger partial charge in [-0.15, -0.1) is 0 Å². The van der Waals surface area contributed by atoms with Gasteiger partial charge < -0.3 is 15.1 Å². The molecule has 5 heterocycles. The van der Waals surface area contributed by atoms with Crippen LogP contribution in [0.5, 0.6) is 0 Å². The minimum Gasteiger partial charge on any atom is -0.355 e. The molecule has 3 aliphatic rings. The second-order valence-electron chi connectivity index (χ2n) is 11.7. The number of nitriles is 1. The van der Waals surface area contributed by atoms with Crippen LogP contribution in [0, 0.1) is 23.7 Å². The number of amides is 1. The van der Waals surface area contributed by atoms with Gasteiger partial charge in [0.2, 0.25) is 5.91 Å². The maximum Gasteiger partial charge on any atom is 0.245 e. The molecule has 2 aromatic heterocycles. The molecule has 0 atom stereocenters. The minimum absolute atomic E-state index is 0.00883. The summed E-state index contributed by atoms with van der Waals surface area (Å²) < 4.78 is 1.91. The lowest BCUT2D eigenvalue weighted by atomic mass is 9.79. The van der Waals surface area contributed by atoms with E-state index in [0.29, 0.717) is 12.1 Å². The number of nitrogens with zero attached hydrogens (tertiary/aromatic N) is 6. The molecule has 1 N–H and O–H groups in total. The Bertz CT molecular complexity index is 1500. The number of carbonyl (C=O) groups is 1. The predicted molar refractivity (Wildman–Crippen MR) is 144 cm³/mol. The number of likely N-dealkylation sites (tertiary alicyclic amines) is 1. The van der Waals surface area contributed by atoms with Crippen molar-refractivity contribution in [2.24, 2.45) is 12.5 Å². The van der Waals surface area contributed by atoms with Gasteiger partial charge in [-0.2, -0.15) is 10.4 Å². The second-order valence-corrected chi connectivity index (χ2v) is 11.7. The van der Waals surface area contributed by atoms with Gasteiger partial charge in [0.05, 0.1) is 11.7 Å². The van der Waals surface area contributed by atoms with Gasteiger partial charge in [-0.25, -0.2) is 4.98 Å². The number of carbonyl (C=O) groups excluding carboxylic acids is 1. The SMILES string of the molecule is C=CC(=O)N1CC2(CCN(c3nc4c(c(-c5c(C)ccc6cnn(C)c56)c3C#N)CNC(C)(C)C4)C2)C1. The van der Waals surface area contributed by atoms with Crippen LogP contribution in [0.2, 0.25) is 0 Å². The summed E-state index contributed by atoms with van der Waals surface area (Å²) in [4.78, 5) is 21.4.